The van der Waals surface area contributed by atoms with E-state index in [2.05, 4.69) is 35.1 Å². The molecule has 0 fully saturated rings. The van der Waals surface area contributed by atoms with Crippen molar-refractivity contribution < 1.29 is 4.79 Å². The van der Waals surface area contributed by atoms with Crippen molar-refractivity contribution in [1.29, 1.82) is 0 Å². The first-order valence-corrected chi connectivity index (χ1v) is 9.64. The minimum absolute atomic E-state index is 0.200. The number of carbonyl (C=O) groups is 1. The Balaban J connectivity index is 1.90. The van der Waals surface area contributed by atoms with E-state index in [9.17, 15) is 4.79 Å². The van der Waals surface area contributed by atoms with Gasteiger partial charge in [0.15, 0.2) is 5.82 Å². The molecule has 0 radical (unpaired) electrons. The topological polar surface area (TPSA) is 58.1 Å². The first-order chi connectivity index (χ1) is 13.6. The molecule has 0 saturated carbocycles. The van der Waals surface area contributed by atoms with E-state index in [0.29, 0.717) is 18.1 Å². The van der Waals surface area contributed by atoms with Gasteiger partial charge in [-0.1, -0.05) is 60.2 Å². The predicted molar refractivity (Wildman–Crippen MR) is 113 cm³/mol. The third-order valence-electron chi connectivity index (χ3n) is 4.60. The van der Waals surface area contributed by atoms with Crippen LogP contribution in [-0.2, 0) is 6.54 Å². The van der Waals surface area contributed by atoms with Crippen LogP contribution in [-0.4, -0.2) is 29.0 Å². The molecule has 0 atom stereocenters. The molecule has 1 aromatic heterocycles. The molecule has 1 heterocycles. The molecule has 5 heteroatoms. The molecule has 2 aromatic carbocycles. The summed E-state index contributed by atoms with van der Waals surface area (Å²) in [5.41, 5.74) is 3.51. The van der Waals surface area contributed by atoms with E-state index in [-0.39, 0.29) is 5.91 Å². The molecule has 5 nitrogen and oxygen atoms in total. The maximum atomic E-state index is 12.8. The van der Waals surface area contributed by atoms with Crippen LogP contribution in [0.5, 0.6) is 0 Å². The Hall–Kier alpha value is -3.21. The molecule has 3 rings (SSSR count). The van der Waals surface area contributed by atoms with Gasteiger partial charge in [-0.2, -0.15) is 0 Å². The van der Waals surface area contributed by atoms with Gasteiger partial charge in [-0.3, -0.25) is 4.79 Å². The first-order valence-electron chi connectivity index (χ1n) is 9.64. The van der Waals surface area contributed by atoms with Crippen LogP contribution in [0.25, 0.3) is 11.4 Å². The van der Waals surface area contributed by atoms with E-state index >= 15 is 0 Å². The third kappa shape index (κ3) is 4.74. The summed E-state index contributed by atoms with van der Waals surface area (Å²) in [7, 11) is 0. The molecule has 1 N–H and O–H groups in total. The number of benzene rings is 2. The minimum Gasteiger partial charge on any atom is -0.357 e. The number of aromatic nitrogens is 2. The summed E-state index contributed by atoms with van der Waals surface area (Å²) in [5, 5.41) is 2.98. The molecular formula is C23H26N4O. The Kier molecular flexibility index (Phi) is 6.37. The Bertz CT molecular complexity index is 936. The number of hydrogen-bond acceptors (Lipinski definition) is 4. The highest BCUT2D eigenvalue weighted by Crippen LogP contribution is 2.20. The highest BCUT2D eigenvalue weighted by atomic mass is 16.1. The zero-order chi connectivity index (χ0) is 19.9. The van der Waals surface area contributed by atoms with E-state index < -0.39 is 0 Å². The number of nitrogens with one attached hydrogen (secondary N) is 1. The lowest BCUT2D eigenvalue weighted by molar-refractivity contribution is 0.0946. The molecule has 0 bridgehead atoms. The van der Waals surface area contributed by atoms with Gasteiger partial charge < -0.3 is 10.2 Å². The quantitative estimate of drug-likeness (QED) is 0.672. The lowest BCUT2D eigenvalue weighted by atomic mass is 10.1. The maximum absolute atomic E-state index is 12.8. The van der Waals surface area contributed by atoms with Crippen LogP contribution in [0.1, 0.15) is 35.5 Å². The van der Waals surface area contributed by atoms with E-state index in [0.717, 1.165) is 30.0 Å². The number of anilines is 1. The van der Waals surface area contributed by atoms with Gasteiger partial charge in [0.2, 0.25) is 0 Å². The standard InChI is InChI=1S/C23H26N4O/c1-4-27(5-2)21-15-20(25-22(26-21)19-12-7-6-8-13-19)23(28)24-16-18-11-9-10-17(3)14-18/h6-15H,4-5,16H2,1-3H3,(H,24,28). The second-order valence-electron chi connectivity index (χ2n) is 6.65. The predicted octanol–water partition coefficient (Wildman–Crippen LogP) is 4.23. The van der Waals surface area contributed by atoms with Crippen molar-refractivity contribution in [1.82, 2.24) is 15.3 Å². The zero-order valence-electron chi connectivity index (χ0n) is 16.6. The summed E-state index contributed by atoms with van der Waals surface area (Å²) < 4.78 is 0. The number of amides is 1. The second kappa shape index (κ2) is 9.13. The normalized spacial score (nSPS) is 10.5. The molecule has 0 aliphatic rings. The van der Waals surface area contributed by atoms with Gasteiger partial charge in [0.05, 0.1) is 0 Å². The van der Waals surface area contributed by atoms with Gasteiger partial charge in [-0.05, 0) is 26.3 Å². The number of hydrogen-bond donors (Lipinski definition) is 1. The fraction of sp³-hybridized carbons (Fsp3) is 0.261. The molecule has 1 amide bonds. The van der Waals surface area contributed by atoms with Gasteiger partial charge in [0.1, 0.15) is 11.5 Å². The molecule has 0 saturated heterocycles. The molecule has 0 spiro atoms. The largest absolute Gasteiger partial charge is 0.357 e. The summed E-state index contributed by atoms with van der Waals surface area (Å²) in [6.07, 6.45) is 0. The van der Waals surface area contributed by atoms with Gasteiger partial charge in [0, 0.05) is 31.3 Å². The van der Waals surface area contributed by atoms with Gasteiger partial charge in [0.25, 0.3) is 5.91 Å². The van der Waals surface area contributed by atoms with Crippen LogP contribution in [0, 0.1) is 6.92 Å². The molecule has 0 unspecified atom stereocenters. The van der Waals surface area contributed by atoms with Gasteiger partial charge in [-0.15, -0.1) is 0 Å². The van der Waals surface area contributed by atoms with Crippen LogP contribution < -0.4 is 10.2 Å². The Morgan fingerprint density at radius 2 is 1.71 bits per heavy atom. The highest BCUT2D eigenvalue weighted by molar-refractivity contribution is 5.93. The summed E-state index contributed by atoms with van der Waals surface area (Å²) in [4.78, 5) is 24.2. The van der Waals surface area contributed by atoms with Crippen LogP contribution in [0.3, 0.4) is 0 Å². The lowest BCUT2D eigenvalue weighted by Gasteiger charge is -2.21. The fourth-order valence-electron chi connectivity index (χ4n) is 3.07. The number of carbonyl (C=O) groups excluding carboxylic acids is 1. The summed E-state index contributed by atoms with van der Waals surface area (Å²) >= 11 is 0. The van der Waals surface area contributed by atoms with E-state index in [4.69, 9.17) is 4.98 Å². The molecular weight excluding hydrogens is 348 g/mol. The van der Waals surface area contributed by atoms with Crippen molar-refractivity contribution in [2.24, 2.45) is 0 Å². The van der Waals surface area contributed by atoms with Crippen molar-refractivity contribution in [2.75, 3.05) is 18.0 Å². The Morgan fingerprint density at radius 3 is 2.39 bits per heavy atom. The van der Waals surface area contributed by atoms with Crippen molar-refractivity contribution in [3.05, 3.63) is 77.5 Å². The highest BCUT2D eigenvalue weighted by Gasteiger charge is 2.15. The molecule has 28 heavy (non-hydrogen) atoms. The average molecular weight is 374 g/mol. The third-order valence-corrected chi connectivity index (χ3v) is 4.60. The Morgan fingerprint density at radius 1 is 0.964 bits per heavy atom. The van der Waals surface area contributed by atoms with Gasteiger partial charge >= 0.3 is 0 Å². The number of aryl methyl sites for hydroxylation is 1. The summed E-state index contributed by atoms with van der Waals surface area (Å²) in [5.74, 6) is 1.12. The smallest absolute Gasteiger partial charge is 0.270 e. The van der Waals surface area contributed by atoms with Crippen LogP contribution >= 0.6 is 0 Å². The second-order valence-corrected chi connectivity index (χ2v) is 6.65. The number of rotatable bonds is 7. The average Bonchev–Trinajstić information content (AvgIpc) is 2.73. The first kappa shape index (κ1) is 19.5. The Labute approximate surface area is 166 Å². The van der Waals surface area contributed by atoms with E-state index in [1.807, 2.05) is 55.5 Å². The van der Waals surface area contributed by atoms with Crippen LogP contribution in [0.2, 0.25) is 0 Å². The van der Waals surface area contributed by atoms with Gasteiger partial charge in [-0.25, -0.2) is 9.97 Å². The zero-order valence-corrected chi connectivity index (χ0v) is 16.6. The van der Waals surface area contributed by atoms with Crippen molar-refractivity contribution in [3.63, 3.8) is 0 Å². The van der Waals surface area contributed by atoms with Crippen LogP contribution in [0.15, 0.2) is 60.7 Å². The summed E-state index contributed by atoms with van der Waals surface area (Å²) in [6.45, 7) is 8.28. The van der Waals surface area contributed by atoms with Crippen molar-refractivity contribution >= 4 is 11.7 Å². The van der Waals surface area contributed by atoms with Crippen LogP contribution in [0.4, 0.5) is 5.82 Å². The summed E-state index contributed by atoms with van der Waals surface area (Å²) in [6, 6.07) is 19.6. The molecule has 3 aromatic rings. The molecule has 144 valence electrons. The van der Waals surface area contributed by atoms with Crippen molar-refractivity contribution in [3.8, 4) is 11.4 Å². The van der Waals surface area contributed by atoms with Crippen molar-refractivity contribution in [2.45, 2.75) is 27.3 Å². The minimum atomic E-state index is -0.200. The maximum Gasteiger partial charge on any atom is 0.270 e. The monoisotopic (exact) mass is 374 g/mol. The number of nitrogens with zero attached hydrogens (tertiary/aromatic N) is 3. The molecule has 0 aliphatic heterocycles. The molecule has 0 aliphatic carbocycles. The van der Waals surface area contributed by atoms with E-state index in [1.54, 1.807) is 6.07 Å². The van der Waals surface area contributed by atoms with E-state index in [1.165, 1.54) is 5.56 Å². The fourth-order valence-corrected chi connectivity index (χ4v) is 3.07. The lowest BCUT2D eigenvalue weighted by Crippen LogP contribution is -2.27. The SMILES string of the molecule is CCN(CC)c1cc(C(=O)NCc2cccc(C)c2)nc(-c2ccccc2)n1.